The van der Waals surface area contributed by atoms with E-state index in [1.807, 2.05) is 11.3 Å². The van der Waals surface area contributed by atoms with E-state index in [0.29, 0.717) is 0 Å². The van der Waals surface area contributed by atoms with Crippen LogP contribution >= 0.6 is 11.3 Å². The van der Waals surface area contributed by atoms with Crippen LogP contribution in [0.25, 0.3) is 97.0 Å². The van der Waals surface area contributed by atoms with Crippen molar-refractivity contribution in [3.8, 4) is 44.5 Å². The van der Waals surface area contributed by atoms with E-state index in [1.54, 1.807) is 0 Å². The van der Waals surface area contributed by atoms with Gasteiger partial charge in [0, 0.05) is 31.0 Å². The molecule has 0 amide bonds. The first-order valence-electron chi connectivity index (χ1n) is 19.5. The van der Waals surface area contributed by atoms with E-state index in [-0.39, 0.29) is 10.8 Å². The monoisotopic (exact) mass is 718 g/mol. The molecule has 0 aliphatic heterocycles. The van der Waals surface area contributed by atoms with Crippen molar-refractivity contribution in [1.82, 2.24) is 0 Å². The van der Waals surface area contributed by atoms with Crippen LogP contribution in [0.2, 0.25) is 0 Å². The first-order valence-corrected chi connectivity index (χ1v) is 20.3. The quantitative estimate of drug-likeness (QED) is 0.156. The number of thiophene rings is 1. The molecule has 0 saturated heterocycles. The number of hydrogen-bond acceptors (Lipinski definition) is 1. The van der Waals surface area contributed by atoms with Gasteiger partial charge < -0.3 is 0 Å². The molecule has 12 rings (SSSR count). The van der Waals surface area contributed by atoms with E-state index in [4.69, 9.17) is 0 Å². The van der Waals surface area contributed by atoms with Gasteiger partial charge in [-0.3, -0.25) is 0 Å². The van der Waals surface area contributed by atoms with Crippen molar-refractivity contribution in [2.24, 2.45) is 0 Å². The summed E-state index contributed by atoms with van der Waals surface area (Å²) >= 11 is 1.94. The van der Waals surface area contributed by atoms with Crippen LogP contribution < -0.4 is 0 Å². The number of rotatable bonds is 2. The highest BCUT2D eigenvalue weighted by Crippen LogP contribution is 2.57. The highest BCUT2D eigenvalue weighted by Gasteiger charge is 2.39. The van der Waals surface area contributed by atoms with Gasteiger partial charge in [-0.25, -0.2) is 0 Å². The SMILES string of the molecule is CC1(C)c2ccccc2-c2c(-c3c4ccccc4c(-c4ccc5c(c4)C(C)(C)c4c-5ccc5sc6c7ccccc7ccc6c45)c4ccccc34)cccc21. The molecule has 2 aliphatic rings. The van der Waals surface area contributed by atoms with Crippen LogP contribution in [0.5, 0.6) is 0 Å². The second-order valence-corrected chi connectivity index (χ2v) is 17.8. The summed E-state index contributed by atoms with van der Waals surface area (Å²) in [7, 11) is 0. The molecule has 55 heavy (non-hydrogen) atoms. The Morgan fingerprint density at radius 2 is 1.00 bits per heavy atom. The van der Waals surface area contributed by atoms with Gasteiger partial charge in [0.05, 0.1) is 0 Å². The predicted octanol–water partition coefficient (Wildman–Crippen LogP) is 15.5. The molecule has 0 unspecified atom stereocenters. The molecule has 0 fully saturated rings. The van der Waals surface area contributed by atoms with Gasteiger partial charge in [-0.1, -0.05) is 173 Å². The average molecular weight is 719 g/mol. The minimum absolute atomic E-state index is 0.0586. The Hall–Kier alpha value is -6.02. The summed E-state index contributed by atoms with van der Waals surface area (Å²) in [4.78, 5) is 0. The van der Waals surface area contributed by atoms with Crippen LogP contribution in [-0.4, -0.2) is 0 Å². The highest BCUT2D eigenvalue weighted by molar-refractivity contribution is 7.26. The van der Waals surface area contributed by atoms with Crippen LogP contribution in [0.3, 0.4) is 0 Å². The van der Waals surface area contributed by atoms with Gasteiger partial charge >= 0.3 is 0 Å². The average Bonchev–Trinajstić information content (AvgIpc) is 3.79. The Balaban J connectivity index is 1.10. The molecule has 0 N–H and O–H groups in total. The maximum atomic E-state index is 2.53. The molecule has 1 heterocycles. The van der Waals surface area contributed by atoms with Crippen molar-refractivity contribution < 1.29 is 0 Å². The molecular weight excluding hydrogens is 681 g/mol. The maximum absolute atomic E-state index is 2.53. The second-order valence-electron chi connectivity index (χ2n) is 16.8. The minimum Gasteiger partial charge on any atom is -0.135 e. The Labute approximate surface area is 325 Å². The van der Waals surface area contributed by atoms with Crippen LogP contribution in [-0.2, 0) is 10.8 Å². The van der Waals surface area contributed by atoms with E-state index in [1.165, 1.54) is 119 Å². The van der Waals surface area contributed by atoms with Crippen molar-refractivity contribution in [2.45, 2.75) is 38.5 Å². The van der Waals surface area contributed by atoms with Gasteiger partial charge in [-0.2, -0.15) is 0 Å². The highest BCUT2D eigenvalue weighted by atomic mass is 32.1. The Bertz CT molecular complexity index is 3260. The van der Waals surface area contributed by atoms with Gasteiger partial charge in [0.1, 0.15) is 0 Å². The lowest BCUT2D eigenvalue weighted by atomic mass is 9.78. The summed E-state index contributed by atoms with van der Waals surface area (Å²) in [5.41, 5.74) is 16.2. The van der Waals surface area contributed by atoms with Gasteiger partial charge in [0.15, 0.2) is 0 Å². The summed E-state index contributed by atoms with van der Waals surface area (Å²) in [6.07, 6.45) is 0. The lowest BCUT2D eigenvalue weighted by Gasteiger charge is -2.24. The predicted molar refractivity (Wildman–Crippen MR) is 238 cm³/mol. The number of fused-ring (bicyclic) bond motifs is 14. The molecule has 0 atom stereocenters. The molecule has 0 saturated carbocycles. The van der Waals surface area contributed by atoms with Crippen LogP contribution in [0.15, 0.2) is 158 Å². The first kappa shape index (κ1) is 31.3. The van der Waals surface area contributed by atoms with E-state index in [9.17, 15) is 0 Å². The maximum Gasteiger partial charge on any atom is 0.0433 e. The van der Waals surface area contributed by atoms with Crippen molar-refractivity contribution in [3.63, 3.8) is 0 Å². The second kappa shape index (κ2) is 10.8. The molecule has 9 aromatic carbocycles. The van der Waals surface area contributed by atoms with Gasteiger partial charge in [-0.05, 0) is 111 Å². The van der Waals surface area contributed by atoms with Gasteiger partial charge in [0.2, 0.25) is 0 Å². The summed E-state index contributed by atoms with van der Waals surface area (Å²) in [6.45, 7) is 9.64. The minimum atomic E-state index is -0.170. The molecular formula is C54H38S. The number of hydrogen-bond donors (Lipinski definition) is 0. The first-order chi connectivity index (χ1) is 26.8. The van der Waals surface area contributed by atoms with E-state index < -0.39 is 0 Å². The third-order valence-electron chi connectivity index (χ3n) is 13.2. The molecule has 1 heteroatoms. The van der Waals surface area contributed by atoms with Crippen LogP contribution in [0.1, 0.15) is 49.9 Å². The van der Waals surface area contributed by atoms with E-state index in [0.717, 1.165) is 0 Å². The van der Waals surface area contributed by atoms with E-state index in [2.05, 4.69) is 185 Å². The normalized spacial score (nSPS) is 14.8. The zero-order valence-electron chi connectivity index (χ0n) is 31.4. The lowest BCUT2D eigenvalue weighted by molar-refractivity contribution is 0.660. The molecule has 0 bridgehead atoms. The summed E-state index contributed by atoms with van der Waals surface area (Å²) in [5, 5.41) is 10.6. The van der Waals surface area contributed by atoms with Crippen molar-refractivity contribution in [2.75, 3.05) is 0 Å². The summed E-state index contributed by atoms with van der Waals surface area (Å²) in [6, 6.07) is 59.8. The van der Waals surface area contributed by atoms with Crippen LogP contribution in [0.4, 0.5) is 0 Å². The van der Waals surface area contributed by atoms with Crippen molar-refractivity contribution in [3.05, 3.63) is 180 Å². The largest absolute Gasteiger partial charge is 0.135 e. The summed E-state index contributed by atoms with van der Waals surface area (Å²) in [5.74, 6) is 0. The molecule has 0 spiro atoms. The molecule has 10 aromatic rings. The molecule has 0 nitrogen and oxygen atoms in total. The van der Waals surface area contributed by atoms with Gasteiger partial charge in [0.25, 0.3) is 0 Å². The van der Waals surface area contributed by atoms with Gasteiger partial charge in [-0.15, -0.1) is 11.3 Å². The third kappa shape index (κ3) is 4.01. The Morgan fingerprint density at radius 1 is 0.382 bits per heavy atom. The third-order valence-corrected chi connectivity index (χ3v) is 14.4. The lowest BCUT2D eigenvalue weighted by Crippen LogP contribution is -2.15. The Morgan fingerprint density at radius 3 is 1.76 bits per heavy atom. The fourth-order valence-corrected chi connectivity index (χ4v) is 12.0. The number of benzene rings is 9. The fourth-order valence-electron chi connectivity index (χ4n) is 10.7. The summed E-state index contributed by atoms with van der Waals surface area (Å²) < 4.78 is 2.76. The zero-order valence-corrected chi connectivity index (χ0v) is 32.2. The van der Waals surface area contributed by atoms with E-state index >= 15 is 0 Å². The fraction of sp³-hybridized carbons (Fsp3) is 0.111. The zero-order chi connectivity index (χ0) is 36.8. The molecule has 2 aliphatic carbocycles. The molecule has 260 valence electrons. The Kier molecular flexibility index (Phi) is 6.16. The molecule has 1 aromatic heterocycles. The van der Waals surface area contributed by atoms with Crippen molar-refractivity contribution >= 4 is 63.8 Å². The standard InChI is InChI=1S/C54H38S/c1-53(2)43-22-12-11-20-40(43)49-41(21-13-23-44(49)53)48-37-18-9-7-16-35(37)47(36-17-8-10-19-38(36)48)32-25-26-34-39-28-29-46-50(51(39)54(3,4)45(34)30-32)42-27-24-31-14-5-6-15-33(31)52(42)55-46/h5-30H,1-4H3. The van der Waals surface area contributed by atoms with Crippen LogP contribution in [0, 0.1) is 0 Å². The molecule has 0 radical (unpaired) electrons. The topological polar surface area (TPSA) is 0 Å². The van der Waals surface area contributed by atoms with Crippen molar-refractivity contribution in [1.29, 1.82) is 0 Å². The smallest absolute Gasteiger partial charge is 0.0433 e.